The fraction of sp³-hybridized carbons (Fsp3) is 0.308. The lowest BCUT2D eigenvalue weighted by Gasteiger charge is -2.17. The Morgan fingerprint density at radius 2 is 2.15 bits per heavy atom. The zero-order valence-corrected chi connectivity index (χ0v) is 11.7. The van der Waals surface area contributed by atoms with E-state index >= 15 is 0 Å². The number of aryl methyl sites for hydroxylation is 2. The van der Waals surface area contributed by atoms with Crippen molar-refractivity contribution < 1.29 is 8.78 Å². The smallest absolute Gasteiger partial charge is 0.142 e. The van der Waals surface area contributed by atoms with Crippen molar-refractivity contribution in [3.05, 3.63) is 52.3 Å². The van der Waals surface area contributed by atoms with Crippen LogP contribution in [0.3, 0.4) is 0 Å². The summed E-state index contributed by atoms with van der Waals surface area (Å²) in [6, 6.07) is 1.54. The molecule has 0 bridgehead atoms. The van der Waals surface area contributed by atoms with E-state index in [1.54, 1.807) is 10.9 Å². The summed E-state index contributed by atoms with van der Waals surface area (Å²) in [7, 11) is 1.82. The molecule has 1 aromatic carbocycles. The van der Waals surface area contributed by atoms with Crippen LogP contribution in [0.15, 0.2) is 24.5 Å². The Kier molecular flexibility index (Phi) is 4.69. The number of halogens is 3. The van der Waals surface area contributed by atoms with Crippen molar-refractivity contribution in [3.8, 4) is 0 Å². The number of nitrogens with zero attached hydrogens (tertiary/aromatic N) is 2. The second-order valence-corrected chi connectivity index (χ2v) is 4.98. The maximum Gasteiger partial charge on any atom is 0.142 e. The highest BCUT2D eigenvalue weighted by Crippen LogP contribution is 2.26. The van der Waals surface area contributed by atoms with E-state index in [1.807, 2.05) is 13.2 Å². The van der Waals surface area contributed by atoms with Crippen LogP contribution in [0.25, 0.3) is 0 Å². The molecule has 0 radical (unpaired) electrons. The molecule has 0 saturated heterocycles. The van der Waals surface area contributed by atoms with Crippen LogP contribution in [0.5, 0.6) is 0 Å². The summed E-state index contributed by atoms with van der Waals surface area (Å²) in [4.78, 5) is 0. The van der Waals surface area contributed by atoms with Gasteiger partial charge in [-0.2, -0.15) is 5.10 Å². The van der Waals surface area contributed by atoms with Crippen LogP contribution in [0.2, 0.25) is 5.02 Å². The molecule has 1 heterocycles. The van der Waals surface area contributed by atoms with Gasteiger partial charge in [-0.15, -0.1) is 0 Å². The van der Waals surface area contributed by atoms with Crippen LogP contribution in [0.4, 0.5) is 8.78 Å². The molecular weight excluding hydrogens is 286 g/mol. The average molecular weight is 301 g/mol. The van der Waals surface area contributed by atoms with Gasteiger partial charge >= 0.3 is 0 Å². The van der Waals surface area contributed by atoms with Gasteiger partial charge in [-0.05, 0) is 30.5 Å². The molecule has 2 rings (SSSR count). The zero-order chi connectivity index (χ0) is 14.7. The first-order valence-corrected chi connectivity index (χ1v) is 6.47. The third kappa shape index (κ3) is 3.33. The van der Waals surface area contributed by atoms with Crippen LogP contribution in [0, 0.1) is 11.6 Å². The molecule has 1 unspecified atom stereocenters. The Balaban J connectivity index is 2.14. The molecule has 0 fully saturated rings. The van der Waals surface area contributed by atoms with Gasteiger partial charge in [0.2, 0.25) is 0 Å². The normalized spacial score (nSPS) is 12.7. The lowest BCUT2D eigenvalue weighted by Crippen LogP contribution is -2.29. The second-order valence-electron chi connectivity index (χ2n) is 4.57. The largest absolute Gasteiger partial charge is 0.276 e. The Morgan fingerprint density at radius 1 is 1.40 bits per heavy atom. The van der Waals surface area contributed by atoms with Gasteiger partial charge in [0, 0.05) is 24.8 Å². The average Bonchev–Trinajstić information content (AvgIpc) is 2.82. The minimum Gasteiger partial charge on any atom is -0.276 e. The Hall–Kier alpha value is -1.50. The van der Waals surface area contributed by atoms with Crippen LogP contribution < -0.4 is 11.3 Å². The number of aromatic nitrogens is 2. The van der Waals surface area contributed by atoms with Gasteiger partial charge in [0.1, 0.15) is 11.6 Å². The van der Waals surface area contributed by atoms with Gasteiger partial charge in [0.05, 0.1) is 11.2 Å². The monoisotopic (exact) mass is 300 g/mol. The van der Waals surface area contributed by atoms with Gasteiger partial charge in [-0.1, -0.05) is 11.6 Å². The highest BCUT2D eigenvalue weighted by atomic mass is 35.5. The molecule has 4 nitrogen and oxygen atoms in total. The van der Waals surface area contributed by atoms with Gasteiger partial charge in [-0.25, -0.2) is 8.78 Å². The summed E-state index contributed by atoms with van der Waals surface area (Å²) >= 11 is 5.53. The molecule has 0 saturated carbocycles. The highest BCUT2D eigenvalue weighted by Gasteiger charge is 2.17. The molecule has 7 heteroatoms. The van der Waals surface area contributed by atoms with Crippen molar-refractivity contribution in [2.75, 3.05) is 0 Å². The first-order chi connectivity index (χ1) is 9.51. The lowest BCUT2D eigenvalue weighted by atomic mass is 10.00. The third-order valence-electron chi connectivity index (χ3n) is 3.10. The van der Waals surface area contributed by atoms with E-state index in [2.05, 4.69) is 10.5 Å². The van der Waals surface area contributed by atoms with Gasteiger partial charge in [-0.3, -0.25) is 16.0 Å². The van der Waals surface area contributed by atoms with E-state index in [9.17, 15) is 8.78 Å². The van der Waals surface area contributed by atoms with E-state index in [1.165, 1.54) is 0 Å². The predicted octanol–water partition coefficient (Wildman–Crippen LogP) is 2.49. The van der Waals surface area contributed by atoms with Crippen molar-refractivity contribution in [2.24, 2.45) is 12.9 Å². The molecule has 0 aliphatic heterocycles. The predicted molar refractivity (Wildman–Crippen MR) is 73.0 cm³/mol. The highest BCUT2D eigenvalue weighted by molar-refractivity contribution is 6.30. The van der Waals surface area contributed by atoms with Crippen LogP contribution >= 0.6 is 11.6 Å². The molecule has 0 aliphatic carbocycles. The van der Waals surface area contributed by atoms with Crippen molar-refractivity contribution in [1.82, 2.24) is 15.2 Å². The second kappa shape index (κ2) is 6.30. The van der Waals surface area contributed by atoms with Crippen molar-refractivity contribution in [3.63, 3.8) is 0 Å². The van der Waals surface area contributed by atoms with E-state index in [-0.39, 0.29) is 10.6 Å². The standard InChI is InChI=1S/C13H15ClF2N4/c1-20-7-8(6-18-20)2-3-13(19-17)9-4-12(16)10(14)5-11(9)15/h4-7,13,19H,2-3,17H2,1H3. The van der Waals surface area contributed by atoms with E-state index < -0.39 is 17.7 Å². The van der Waals surface area contributed by atoms with Crippen LogP contribution in [-0.4, -0.2) is 9.78 Å². The van der Waals surface area contributed by atoms with Gasteiger partial charge in [0.15, 0.2) is 0 Å². The number of rotatable bonds is 5. The number of hydrogen-bond acceptors (Lipinski definition) is 3. The first kappa shape index (κ1) is 14.9. The fourth-order valence-electron chi connectivity index (χ4n) is 2.05. The summed E-state index contributed by atoms with van der Waals surface area (Å²) < 4.78 is 29.0. The number of nitrogens with two attached hydrogens (primary N) is 1. The Morgan fingerprint density at radius 3 is 2.75 bits per heavy atom. The summed E-state index contributed by atoms with van der Waals surface area (Å²) in [5, 5.41) is 3.81. The molecule has 20 heavy (non-hydrogen) atoms. The molecular formula is C13H15ClF2N4. The van der Waals surface area contributed by atoms with E-state index in [0.29, 0.717) is 12.8 Å². The summed E-state index contributed by atoms with van der Waals surface area (Å²) in [5.74, 6) is 4.20. The molecule has 108 valence electrons. The molecule has 0 aliphatic rings. The molecule has 3 N–H and O–H groups in total. The molecule has 0 spiro atoms. The minimum absolute atomic E-state index is 0.165. The number of nitrogens with one attached hydrogen (secondary N) is 1. The SMILES string of the molecule is Cn1cc(CCC(NN)c2cc(F)c(Cl)cc2F)cn1. The maximum atomic E-state index is 13.8. The first-order valence-electron chi connectivity index (χ1n) is 6.09. The van der Waals surface area contributed by atoms with Crippen LogP contribution in [-0.2, 0) is 13.5 Å². The van der Waals surface area contributed by atoms with Crippen molar-refractivity contribution >= 4 is 11.6 Å². The lowest BCUT2D eigenvalue weighted by molar-refractivity contribution is 0.479. The zero-order valence-electron chi connectivity index (χ0n) is 10.9. The minimum atomic E-state index is -0.662. The fourth-order valence-corrected chi connectivity index (χ4v) is 2.20. The molecule has 2 aromatic rings. The molecule has 0 amide bonds. The van der Waals surface area contributed by atoms with E-state index in [0.717, 1.165) is 17.7 Å². The topological polar surface area (TPSA) is 55.9 Å². The van der Waals surface area contributed by atoms with Gasteiger partial charge in [0.25, 0.3) is 0 Å². The maximum absolute atomic E-state index is 13.8. The third-order valence-corrected chi connectivity index (χ3v) is 3.39. The Labute approximate surface area is 120 Å². The Bertz CT molecular complexity index is 600. The van der Waals surface area contributed by atoms with Gasteiger partial charge < -0.3 is 0 Å². The molecule has 1 atom stereocenters. The van der Waals surface area contributed by atoms with E-state index in [4.69, 9.17) is 17.4 Å². The van der Waals surface area contributed by atoms with Crippen molar-refractivity contribution in [2.45, 2.75) is 18.9 Å². The quantitative estimate of drug-likeness (QED) is 0.507. The summed E-state index contributed by atoms with van der Waals surface area (Å²) in [6.45, 7) is 0. The number of benzene rings is 1. The summed E-state index contributed by atoms with van der Waals surface area (Å²) in [5.41, 5.74) is 3.67. The molecule has 1 aromatic heterocycles. The number of hydrazine groups is 1. The van der Waals surface area contributed by atoms with Crippen LogP contribution in [0.1, 0.15) is 23.6 Å². The number of hydrogen-bond donors (Lipinski definition) is 2. The summed E-state index contributed by atoms with van der Waals surface area (Å²) in [6.07, 6.45) is 4.76. The van der Waals surface area contributed by atoms with Crippen molar-refractivity contribution in [1.29, 1.82) is 0 Å².